The van der Waals surface area contributed by atoms with Gasteiger partial charge in [0.15, 0.2) is 0 Å². The summed E-state index contributed by atoms with van der Waals surface area (Å²) in [6.45, 7) is 4.52. The maximum absolute atomic E-state index is 8.53. The number of allylic oxidation sites excluding steroid dienone is 1. The molecule has 4 nitrogen and oxygen atoms in total. The minimum Gasteiger partial charge on any atom is -0.396 e. The molecule has 0 aliphatic rings. The van der Waals surface area contributed by atoms with E-state index in [0.717, 1.165) is 25.7 Å². The van der Waals surface area contributed by atoms with Gasteiger partial charge in [-0.05, 0) is 25.7 Å². The molecule has 0 aromatic carbocycles. The first kappa shape index (κ1) is 13.4. The Bertz CT molecular complexity index is 136. The molecule has 0 bridgehead atoms. The third kappa shape index (κ3) is 9.51. The van der Waals surface area contributed by atoms with Crippen molar-refractivity contribution in [3.63, 3.8) is 0 Å². The van der Waals surface area contributed by atoms with E-state index in [2.05, 4.69) is 6.58 Å². The summed E-state index contributed by atoms with van der Waals surface area (Å²) in [5.41, 5.74) is 0. The van der Waals surface area contributed by atoms with Crippen LogP contribution in [-0.4, -0.2) is 30.0 Å². The number of hydrogen-bond acceptors (Lipinski definition) is 4. The Hall–Kier alpha value is -0.580. The zero-order valence-electron chi connectivity index (χ0n) is 8.57. The topological polar surface area (TPSA) is 58.9 Å². The van der Waals surface area contributed by atoms with Gasteiger partial charge in [0.2, 0.25) is 0 Å². The van der Waals surface area contributed by atoms with Gasteiger partial charge in [0.1, 0.15) is 5.76 Å². The standard InChI is InChI=1S/C10H20O4/c1-10(6-2-3-7-11)14-13-9-5-4-8-12/h11-12H,1-9H2. The lowest BCUT2D eigenvalue weighted by molar-refractivity contribution is -0.264. The van der Waals surface area contributed by atoms with Crippen LogP contribution in [0.25, 0.3) is 0 Å². The molecule has 0 heterocycles. The predicted octanol–water partition coefficient (Wildman–Crippen LogP) is 1.38. The van der Waals surface area contributed by atoms with Crippen LogP contribution in [0.5, 0.6) is 0 Å². The van der Waals surface area contributed by atoms with Gasteiger partial charge in [0.05, 0.1) is 6.61 Å². The van der Waals surface area contributed by atoms with Crippen LogP contribution in [0.1, 0.15) is 32.1 Å². The van der Waals surface area contributed by atoms with Crippen LogP contribution >= 0.6 is 0 Å². The predicted molar refractivity (Wildman–Crippen MR) is 53.4 cm³/mol. The number of rotatable bonds is 10. The smallest absolute Gasteiger partial charge is 0.135 e. The molecule has 0 rings (SSSR count). The first-order valence-electron chi connectivity index (χ1n) is 5.00. The van der Waals surface area contributed by atoms with Crippen molar-refractivity contribution in [1.29, 1.82) is 0 Å². The Kier molecular flexibility index (Phi) is 10.1. The van der Waals surface area contributed by atoms with E-state index in [1.54, 1.807) is 0 Å². The summed E-state index contributed by atoms with van der Waals surface area (Å²) in [4.78, 5) is 9.73. The highest BCUT2D eigenvalue weighted by molar-refractivity contribution is 4.79. The lowest BCUT2D eigenvalue weighted by Crippen LogP contribution is -1.98. The molecule has 0 radical (unpaired) electrons. The fourth-order valence-corrected chi connectivity index (χ4v) is 0.873. The van der Waals surface area contributed by atoms with Crippen molar-refractivity contribution in [3.8, 4) is 0 Å². The zero-order valence-corrected chi connectivity index (χ0v) is 8.57. The fraction of sp³-hybridized carbons (Fsp3) is 0.800. The average molecular weight is 204 g/mol. The molecule has 0 aromatic rings. The molecule has 0 saturated carbocycles. The largest absolute Gasteiger partial charge is 0.396 e. The van der Waals surface area contributed by atoms with E-state index in [9.17, 15) is 0 Å². The van der Waals surface area contributed by atoms with Crippen LogP contribution in [0, 0.1) is 0 Å². The SMILES string of the molecule is C=C(CCCCO)OOCCCCO. The Balaban J connectivity index is 3.10. The van der Waals surface area contributed by atoms with Crippen molar-refractivity contribution >= 4 is 0 Å². The third-order valence-electron chi connectivity index (χ3n) is 1.68. The molecule has 0 atom stereocenters. The van der Waals surface area contributed by atoms with E-state index in [1.165, 1.54) is 0 Å². The number of aliphatic hydroxyl groups is 2. The second-order valence-corrected chi connectivity index (χ2v) is 3.06. The summed E-state index contributed by atoms with van der Waals surface area (Å²) in [5, 5.41) is 17.0. The fourth-order valence-electron chi connectivity index (χ4n) is 0.873. The molecule has 0 spiro atoms. The van der Waals surface area contributed by atoms with Crippen molar-refractivity contribution in [2.75, 3.05) is 19.8 Å². The van der Waals surface area contributed by atoms with Crippen molar-refractivity contribution in [2.45, 2.75) is 32.1 Å². The normalized spacial score (nSPS) is 10.1. The van der Waals surface area contributed by atoms with Crippen molar-refractivity contribution in [2.24, 2.45) is 0 Å². The van der Waals surface area contributed by atoms with Gasteiger partial charge in [-0.3, -0.25) is 0 Å². The first-order chi connectivity index (χ1) is 6.81. The van der Waals surface area contributed by atoms with E-state index in [0.29, 0.717) is 18.8 Å². The maximum atomic E-state index is 8.53. The molecule has 0 aliphatic carbocycles. The van der Waals surface area contributed by atoms with E-state index >= 15 is 0 Å². The molecule has 0 amide bonds. The van der Waals surface area contributed by atoms with Crippen LogP contribution in [-0.2, 0) is 9.78 Å². The molecular formula is C10H20O4. The average Bonchev–Trinajstić information content (AvgIpc) is 2.18. The minimum atomic E-state index is 0.181. The van der Waals surface area contributed by atoms with E-state index in [1.807, 2.05) is 0 Å². The lowest BCUT2D eigenvalue weighted by atomic mass is 10.2. The Labute approximate surface area is 85.1 Å². The highest BCUT2D eigenvalue weighted by atomic mass is 17.2. The first-order valence-corrected chi connectivity index (χ1v) is 5.00. The molecule has 0 unspecified atom stereocenters. The lowest BCUT2D eigenvalue weighted by Gasteiger charge is -2.06. The van der Waals surface area contributed by atoms with Crippen LogP contribution in [0.2, 0.25) is 0 Å². The quantitative estimate of drug-likeness (QED) is 0.244. The van der Waals surface area contributed by atoms with Gasteiger partial charge < -0.3 is 15.1 Å². The number of hydrogen-bond donors (Lipinski definition) is 2. The van der Waals surface area contributed by atoms with Crippen molar-refractivity contribution in [1.82, 2.24) is 0 Å². The van der Waals surface area contributed by atoms with Gasteiger partial charge in [0, 0.05) is 19.6 Å². The van der Waals surface area contributed by atoms with Gasteiger partial charge in [-0.15, -0.1) is 0 Å². The maximum Gasteiger partial charge on any atom is 0.135 e. The highest BCUT2D eigenvalue weighted by Gasteiger charge is 1.96. The Morgan fingerprint density at radius 2 is 1.64 bits per heavy atom. The molecule has 0 saturated heterocycles. The molecule has 4 heteroatoms. The molecule has 14 heavy (non-hydrogen) atoms. The van der Waals surface area contributed by atoms with E-state index in [-0.39, 0.29) is 13.2 Å². The van der Waals surface area contributed by atoms with Gasteiger partial charge in [-0.1, -0.05) is 6.58 Å². The van der Waals surface area contributed by atoms with Crippen LogP contribution in [0.4, 0.5) is 0 Å². The molecule has 0 aromatic heterocycles. The molecule has 0 fully saturated rings. The molecular weight excluding hydrogens is 184 g/mol. The summed E-state index contributed by atoms with van der Waals surface area (Å²) in [6, 6.07) is 0. The van der Waals surface area contributed by atoms with E-state index in [4.69, 9.17) is 20.0 Å². The highest BCUT2D eigenvalue weighted by Crippen LogP contribution is 2.06. The monoisotopic (exact) mass is 204 g/mol. The van der Waals surface area contributed by atoms with Gasteiger partial charge in [0.25, 0.3) is 0 Å². The van der Waals surface area contributed by atoms with Gasteiger partial charge in [-0.2, -0.15) is 4.89 Å². The van der Waals surface area contributed by atoms with Crippen molar-refractivity contribution < 1.29 is 20.0 Å². The van der Waals surface area contributed by atoms with Gasteiger partial charge >= 0.3 is 0 Å². The minimum absolute atomic E-state index is 0.181. The molecule has 0 aliphatic heterocycles. The third-order valence-corrected chi connectivity index (χ3v) is 1.68. The van der Waals surface area contributed by atoms with E-state index < -0.39 is 0 Å². The van der Waals surface area contributed by atoms with Crippen LogP contribution < -0.4 is 0 Å². The van der Waals surface area contributed by atoms with Gasteiger partial charge in [-0.25, -0.2) is 0 Å². The summed E-state index contributed by atoms with van der Waals surface area (Å²) in [5.74, 6) is 0.586. The summed E-state index contributed by atoms with van der Waals surface area (Å²) in [6.07, 6.45) is 3.82. The summed E-state index contributed by atoms with van der Waals surface area (Å²) in [7, 11) is 0. The second kappa shape index (κ2) is 10.5. The van der Waals surface area contributed by atoms with Crippen molar-refractivity contribution in [3.05, 3.63) is 12.3 Å². The zero-order chi connectivity index (χ0) is 10.6. The molecule has 84 valence electrons. The molecule has 2 N–H and O–H groups in total. The Morgan fingerprint density at radius 1 is 1.00 bits per heavy atom. The van der Waals surface area contributed by atoms with Crippen LogP contribution in [0.3, 0.4) is 0 Å². The summed E-state index contributed by atoms with van der Waals surface area (Å²) >= 11 is 0. The summed E-state index contributed by atoms with van der Waals surface area (Å²) < 4.78 is 0. The number of aliphatic hydroxyl groups excluding tert-OH is 2. The number of unbranched alkanes of at least 4 members (excludes halogenated alkanes) is 2. The second-order valence-electron chi connectivity index (χ2n) is 3.06. The Morgan fingerprint density at radius 3 is 2.29 bits per heavy atom. The van der Waals surface area contributed by atoms with Crippen LogP contribution in [0.15, 0.2) is 12.3 Å².